The van der Waals surface area contributed by atoms with E-state index in [1.54, 1.807) is 0 Å². The SMILES string of the molecule is C=CCOC1OC(CO)C(O)C(O)C1O.II.OCC1OC(O)C(O)C(O)C1O. The molecular formula is C15H28I2O12. The average Bonchev–Trinajstić information content (AvgIpc) is 2.74. The molecule has 0 spiro atoms. The maximum Gasteiger partial charge on any atom is 0.187 e. The van der Waals surface area contributed by atoms with Gasteiger partial charge in [-0.25, -0.2) is 0 Å². The van der Waals surface area contributed by atoms with Crippen LogP contribution >= 0.6 is 37.2 Å². The third kappa shape index (κ3) is 8.64. The van der Waals surface area contributed by atoms with Gasteiger partial charge in [0.25, 0.3) is 0 Å². The van der Waals surface area contributed by atoms with Gasteiger partial charge in [-0.15, -0.1) is 6.58 Å². The molecule has 0 aromatic carbocycles. The highest BCUT2D eigenvalue weighted by atomic mass is 128. The minimum Gasteiger partial charge on any atom is -0.394 e. The summed E-state index contributed by atoms with van der Waals surface area (Å²) < 4.78 is 14.7. The van der Waals surface area contributed by atoms with Crippen molar-refractivity contribution in [2.45, 2.75) is 61.4 Å². The van der Waals surface area contributed by atoms with E-state index in [0.717, 1.165) is 0 Å². The Kier molecular flexibility index (Phi) is 15.9. The highest BCUT2D eigenvalue weighted by Crippen LogP contribution is 2.22. The summed E-state index contributed by atoms with van der Waals surface area (Å²) in [6.45, 7) is 2.58. The highest BCUT2D eigenvalue weighted by Gasteiger charge is 2.44. The maximum atomic E-state index is 9.47. The maximum absolute atomic E-state index is 9.47. The van der Waals surface area contributed by atoms with Crippen molar-refractivity contribution < 1.29 is 60.2 Å². The number of hydrogen-bond donors (Lipinski definition) is 9. The number of aliphatic hydroxyl groups is 9. The number of aliphatic hydroxyl groups excluding tert-OH is 9. The van der Waals surface area contributed by atoms with Gasteiger partial charge in [0.15, 0.2) is 12.6 Å². The minimum atomic E-state index is -1.57. The first-order valence-electron chi connectivity index (χ1n) is 8.35. The predicted molar refractivity (Wildman–Crippen MR) is 114 cm³/mol. The second-order valence-corrected chi connectivity index (χ2v) is 6.04. The lowest BCUT2D eigenvalue weighted by atomic mass is 9.99. The Hall–Kier alpha value is 0.720. The van der Waals surface area contributed by atoms with Gasteiger partial charge >= 0.3 is 0 Å². The molecular weight excluding hydrogens is 626 g/mol. The zero-order valence-corrected chi connectivity index (χ0v) is 19.5. The summed E-state index contributed by atoms with van der Waals surface area (Å²) >= 11 is 4.24. The van der Waals surface area contributed by atoms with Gasteiger partial charge in [0, 0.05) is 37.2 Å². The third-order valence-electron chi connectivity index (χ3n) is 4.09. The van der Waals surface area contributed by atoms with Crippen molar-refractivity contribution in [1.29, 1.82) is 0 Å². The minimum absolute atomic E-state index is 0.142. The van der Waals surface area contributed by atoms with E-state index in [1.807, 2.05) is 0 Å². The Morgan fingerprint density at radius 3 is 1.62 bits per heavy atom. The average molecular weight is 654 g/mol. The summed E-state index contributed by atoms with van der Waals surface area (Å²) in [5.74, 6) is 0. The van der Waals surface area contributed by atoms with Crippen LogP contribution in [0.5, 0.6) is 0 Å². The summed E-state index contributed by atoms with van der Waals surface area (Å²) in [5, 5.41) is 81.8. The van der Waals surface area contributed by atoms with Crippen LogP contribution in [0.15, 0.2) is 12.7 Å². The molecule has 0 aromatic rings. The molecule has 0 saturated carbocycles. The molecule has 0 aliphatic carbocycles. The van der Waals surface area contributed by atoms with Gasteiger partial charge in [0.1, 0.15) is 48.8 Å². The van der Waals surface area contributed by atoms with Gasteiger partial charge in [-0.1, -0.05) is 6.08 Å². The largest absolute Gasteiger partial charge is 0.394 e. The van der Waals surface area contributed by atoms with E-state index < -0.39 is 74.6 Å². The molecule has 2 aliphatic rings. The quantitative estimate of drug-likeness (QED) is 0.105. The second-order valence-electron chi connectivity index (χ2n) is 6.04. The fourth-order valence-electron chi connectivity index (χ4n) is 2.45. The molecule has 2 rings (SSSR count). The van der Waals surface area contributed by atoms with E-state index in [2.05, 4.69) is 48.5 Å². The number of ether oxygens (including phenoxy) is 3. The van der Waals surface area contributed by atoms with Crippen LogP contribution in [0.3, 0.4) is 0 Å². The van der Waals surface area contributed by atoms with Crippen LogP contribution in [0.25, 0.3) is 0 Å². The molecule has 0 amide bonds. The van der Waals surface area contributed by atoms with Gasteiger partial charge in [-0.3, -0.25) is 0 Å². The van der Waals surface area contributed by atoms with Crippen LogP contribution in [-0.2, 0) is 14.2 Å². The first-order valence-corrected chi connectivity index (χ1v) is 14.6. The second kappa shape index (κ2) is 15.5. The normalized spacial score (nSPS) is 42.0. The lowest BCUT2D eigenvalue weighted by molar-refractivity contribution is -0.298. The van der Waals surface area contributed by atoms with Gasteiger partial charge in [0.05, 0.1) is 19.8 Å². The van der Waals surface area contributed by atoms with Crippen LogP contribution in [0.1, 0.15) is 0 Å². The molecule has 2 heterocycles. The van der Waals surface area contributed by atoms with Gasteiger partial charge in [0.2, 0.25) is 0 Å². The van der Waals surface area contributed by atoms with Gasteiger partial charge < -0.3 is 60.2 Å². The van der Waals surface area contributed by atoms with E-state index in [0.29, 0.717) is 0 Å². The molecule has 2 aliphatic heterocycles. The molecule has 10 atom stereocenters. The smallest absolute Gasteiger partial charge is 0.187 e. The topological polar surface area (TPSA) is 210 Å². The molecule has 0 radical (unpaired) electrons. The summed E-state index contributed by atoms with van der Waals surface area (Å²) in [6, 6.07) is 0. The van der Waals surface area contributed by atoms with E-state index in [-0.39, 0.29) is 6.61 Å². The van der Waals surface area contributed by atoms with Crippen molar-refractivity contribution in [3.05, 3.63) is 12.7 Å². The van der Waals surface area contributed by atoms with Crippen molar-refractivity contribution >= 4 is 37.2 Å². The zero-order chi connectivity index (χ0) is 22.7. The highest BCUT2D eigenvalue weighted by molar-refractivity contribution is 15.0. The number of hydrogen-bond acceptors (Lipinski definition) is 12. The Labute approximate surface area is 190 Å². The van der Waals surface area contributed by atoms with Crippen molar-refractivity contribution in [3.8, 4) is 0 Å². The monoisotopic (exact) mass is 654 g/mol. The predicted octanol–water partition coefficient (Wildman–Crippen LogP) is -3.46. The van der Waals surface area contributed by atoms with Crippen molar-refractivity contribution in [2.24, 2.45) is 0 Å². The molecule has 0 bridgehead atoms. The van der Waals surface area contributed by atoms with Crippen LogP contribution < -0.4 is 0 Å². The number of halogens is 2. The van der Waals surface area contributed by atoms with E-state index in [9.17, 15) is 15.3 Å². The van der Waals surface area contributed by atoms with E-state index >= 15 is 0 Å². The Morgan fingerprint density at radius 2 is 1.17 bits per heavy atom. The Bertz CT molecular complexity index is 441. The number of rotatable bonds is 5. The molecule has 29 heavy (non-hydrogen) atoms. The van der Waals surface area contributed by atoms with E-state index in [1.165, 1.54) is 6.08 Å². The Balaban J connectivity index is 0.000000508. The third-order valence-corrected chi connectivity index (χ3v) is 4.09. The summed E-state index contributed by atoms with van der Waals surface area (Å²) in [5.41, 5.74) is 0. The molecule has 174 valence electrons. The molecule has 9 N–H and O–H groups in total. The fourth-order valence-corrected chi connectivity index (χ4v) is 2.45. The van der Waals surface area contributed by atoms with Gasteiger partial charge in [-0.2, -0.15) is 0 Å². The summed E-state index contributed by atoms with van der Waals surface area (Å²) in [6.07, 6.45) is -11.7. The first kappa shape index (κ1) is 29.7. The van der Waals surface area contributed by atoms with Crippen molar-refractivity contribution in [1.82, 2.24) is 0 Å². The standard InChI is InChI=1S/C9H16O6.C6H12O6.I2/c1-2-3-14-9-8(13)7(12)6(11)5(4-10)15-9;7-1-2-3(8)4(9)5(10)6(11)12-2;1-2/h2,5-13H,1,3-4H2;2-11H,1H2;. The van der Waals surface area contributed by atoms with Crippen LogP contribution in [-0.4, -0.2) is 127 Å². The summed E-state index contributed by atoms with van der Waals surface area (Å²) in [7, 11) is 0. The molecule has 10 unspecified atom stereocenters. The summed E-state index contributed by atoms with van der Waals surface area (Å²) in [4.78, 5) is 0. The van der Waals surface area contributed by atoms with Crippen LogP contribution in [0, 0.1) is 0 Å². The lowest BCUT2D eigenvalue weighted by Crippen LogP contribution is -2.59. The fraction of sp³-hybridized carbons (Fsp3) is 0.867. The van der Waals surface area contributed by atoms with Crippen molar-refractivity contribution in [3.63, 3.8) is 0 Å². The molecule has 12 nitrogen and oxygen atoms in total. The van der Waals surface area contributed by atoms with E-state index in [4.69, 9.17) is 40.1 Å². The lowest BCUT2D eigenvalue weighted by Gasteiger charge is -2.39. The first-order chi connectivity index (χ1) is 13.7. The van der Waals surface area contributed by atoms with Crippen LogP contribution in [0.2, 0.25) is 0 Å². The molecule has 14 heteroatoms. The van der Waals surface area contributed by atoms with Crippen LogP contribution in [0.4, 0.5) is 0 Å². The molecule has 2 fully saturated rings. The Morgan fingerprint density at radius 1 is 0.724 bits per heavy atom. The zero-order valence-electron chi connectivity index (χ0n) is 15.2. The van der Waals surface area contributed by atoms with Gasteiger partial charge in [-0.05, 0) is 0 Å². The molecule has 0 aromatic heterocycles. The van der Waals surface area contributed by atoms with Crippen molar-refractivity contribution in [2.75, 3.05) is 19.8 Å². The molecule has 2 saturated heterocycles.